The van der Waals surface area contributed by atoms with Crippen molar-refractivity contribution >= 4 is 0 Å². The van der Waals surface area contributed by atoms with Crippen LogP contribution < -0.4 is 4.74 Å². The maximum atomic E-state index is 5.76. The molecule has 0 amide bonds. The molecular formula is C14H22O2. The van der Waals surface area contributed by atoms with Crippen LogP contribution in [-0.2, 0) is 4.74 Å². The highest BCUT2D eigenvalue weighted by Crippen LogP contribution is 2.19. The van der Waals surface area contributed by atoms with Gasteiger partial charge in [0.05, 0.1) is 6.61 Å². The van der Waals surface area contributed by atoms with Crippen molar-refractivity contribution in [1.29, 1.82) is 0 Å². The van der Waals surface area contributed by atoms with E-state index in [1.54, 1.807) is 0 Å². The minimum Gasteiger partial charge on any atom is -0.463 e. The van der Waals surface area contributed by atoms with Gasteiger partial charge in [0.1, 0.15) is 5.75 Å². The zero-order valence-electron chi connectivity index (χ0n) is 10.7. The molecule has 1 aromatic rings. The highest BCUT2D eigenvalue weighted by atomic mass is 16.7. The zero-order chi connectivity index (χ0) is 12.0. The molecule has 2 nitrogen and oxygen atoms in total. The molecule has 0 saturated carbocycles. The monoisotopic (exact) mass is 222 g/mol. The molecule has 1 rings (SSSR count). The molecule has 0 radical (unpaired) electrons. The molecule has 0 aliphatic carbocycles. The second kappa shape index (κ2) is 5.90. The highest BCUT2D eigenvalue weighted by Gasteiger charge is 2.20. The molecule has 0 unspecified atom stereocenters. The Balaban J connectivity index is 2.39. The minimum absolute atomic E-state index is 0.559. The second-order valence-electron chi connectivity index (χ2n) is 4.85. The molecule has 0 aliphatic heterocycles. The second-order valence-corrected chi connectivity index (χ2v) is 4.85. The minimum atomic E-state index is -0.559. The van der Waals surface area contributed by atoms with Crippen molar-refractivity contribution in [2.45, 2.75) is 39.9 Å². The summed E-state index contributed by atoms with van der Waals surface area (Å²) in [6.07, 6.45) is 1.06. The Kier molecular flexibility index (Phi) is 4.81. The van der Waals surface area contributed by atoms with E-state index in [1.165, 1.54) is 0 Å². The van der Waals surface area contributed by atoms with Crippen molar-refractivity contribution in [2.24, 2.45) is 5.92 Å². The SMILES string of the molecule is CC(C)CCOC(C)(C)Oc1ccccc1. The largest absolute Gasteiger partial charge is 0.463 e. The van der Waals surface area contributed by atoms with Crippen LogP contribution in [0.4, 0.5) is 0 Å². The molecule has 0 spiro atoms. The van der Waals surface area contributed by atoms with Crippen molar-refractivity contribution in [2.75, 3.05) is 6.61 Å². The quantitative estimate of drug-likeness (QED) is 0.680. The van der Waals surface area contributed by atoms with Gasteiger partial charge in [-0.2, -0.15) is 0 Å². The third-order valence-electron chi connectivity index (χ3n) is 2.25. The van der Waals surface area contributed by atoms with Gasteiger partial charge in [0, 0.05) is 13.8 Å². The molecule has 90 valence electrons. The van der Waals surface area contributed by atoms with Gasteiger partial charge in [-0.15, -0.1) is 0 Å². The fourth-order valence-corrected chi connectivity index (χ4v) is 1.34. The fraction of sp³-hybridized carbons (Fsp3) is 0.571. The summed E-state index contributed by atoms with van der Waals surface area (Å²) in [7, 11) is 0. The molecule has 0 fully saturated rings. The maximum Gasteiger partial charge on any atom is 0.204 e. The topological polar surface area (TPSA) is 18.5 Å². The summed E-state index contributed by atoms with van der Waals surface area (Å²) in [6.45, 7) is 9.00. The van der Waals surface area contributed by atoms with E-state index in [2.05, 4.69) is 13.8 Å². The highest BCUT2D eigenvalue weighted by molar-refractivity contribution is 5.21. The summed E-state index contributed by atoms with van der Waals surface area (Å²) in [5.74, 6) is 0.945. The summed E-state index contributed by atoms with van der Waals surface area (Å²) in [5, 5.41) is 0. The number of rotatable bonds is 6. The van der Waals surface area contributed by atoms with Crippen LogP contribution in [0.15, 0.2) is 30.3 Å². The van der Waals surface area contributed by atoms with Gasteiger partial charge < -0.3 is 9.47 Å². The van der Waals surface area contributed by atoms with E-state index in [-0.39, 0.29) is 0 Å². The van der Waals surface area contributed by atoms with E-state index < -0.39 is 5.79 Å². The van der Waals surface area contributed by atoms with Gasteiger partial charge >= 0.3 is 0 Å². The molecule has 0 aromatic heterocycles. The van der Waals surface area contributed by atoms with E-state index in [9.17, 15) is 0 Å². The van der Waals surface area contributed by atoms with Gasteiger partial charge in [-0.1, -0.05) is 32.0 Å². The van der Waals surface area contributed by atoms with Crippen LogP contribution in [-0.4, -0.2) is 12.4 Å². The zero-order valence-corrected chi connectivity index (χ0v) is 10.7. The lowest BCUT2D eigenvalue weighted by Crippen LogP contribution is -2.32. The molecular weight excluding hydrogens is 200 g/mol. The predicted octanol–water partition coefficient (Wildman–Crippen LogP) is 3.86. The molecule has 0 saturated heterocycles. The first-order valence-electron chi connectivity index (χ1n) is 5.87. The lowest BCUT2D eigenvalue weighted by molar-refractivity contribution is -0.158. The van der Waals surface area contributed by atoms with Gasteiger partial charge in [-0.05, 0) is 24.5 Å². The predicted molar refractivity (Wildman–Crippen MR) is 66.6 cm³/mol. The van der Waals surface area contributed by atoms with Crippen molar-refractivity contribution in [3.63, 3.8) is 0 Å². The van der Waals surface area contributed by atoms with Crippen molar-refractivity contribution in [3.8, 4) is 5.75 Å². The van der Waals surface area contributed by atoms with Crippen LogP contribution in [0, 0.1) is 5.92 Å². The van der Waals surface area contributed by atoms with Crippen LogP contribution in [0.1, 0.15) is 34.1 Å². The van der Waals surface area contributed by atoms with Gasteiger partial charge in [0.25, 0.3) is 0 Å². The number of hydrogen-bond acceptors (Lipinski definition) is 2. The lowest BCUT2D eigenvalue weighted by Gasteiger charge is -2.27. The fourth-order valence-electron chi connectivity index (χ4n) is 1.34. The average molecular weight is 222 g/mol. The summed E-state index contributed by atoms with van der Waals surface area (Å²) in [6, 6.07) is 9.76. The van der Waals surface area contributed by atoms with Crippen LogP contribution in [0.5, 0.6) is 5.75 Å². The summed E-state index contributed by atoms with van der Waals surface area (Å²) < 4.78 is 11.5. The van der Waals surface area contributed by atoms with Crippen molar-refractivity contribution in [3.05, 3.63) is 30.3 Å². The Morgan fingerprint density at radius 1 is 1.12 bits per heavy atom. The molecule has 0 heterocycles. The third-order valence-corrected chi connectivity index (χ3v) is 2.25. The Morgan fingerprint density at radius 2 is 1.75 bits per heavy atom. The summed E-state index contributed by atoms with van der Waals surface area (Å²) in [4.78, 5) is 0. The third kappa shape index (κ3) is 5.17. The Morgan fingerprint density at radius 3 is 2.31 bits per heavy atom. The van der Waals surface area contributed by atoms with Crippen LogP contribution in [0.3, 0.4) is 0 Å². The van der Waals surface area contributed by atoms with E-state index >= 15 is 0 Å². The number of hydrogen-bond donors (Lipinski definition) is 0. The molecule has 1 aromatic carbocycles. The van der Waals surface area contributed by atoms with Crippen LogP contribution in [0.25, 0.3) is 0 Å². The van der Waals surface area contributed by atoms with Gasteiger partial charge in [-0.3, -0.25) is 0 Å². The van der Waals surface area contributed by atoms with E-state index in [0.29, 0.717) is 5.92 Å². The molecule has 0 N–H and O–H groups in total. The first kappa shape index (κ1) is 13.0. The molecule has 2 heteroatoms. The Labute approximate surface area is 98.6 Å². The van der Waals surface area contributed by atoms with E-state index in [1.807, 2.05) is 44.2 Å². The summed E-state index contributed by atoms with van der Waals surface area (Å²) in [5.41, 5.74) is 0. The van der Waals surface area contributed by atoms with Crippen LogP contribution >= 0.6 is 0 Å². The number of ether oxygens (including phenoxy) is 2. The molecule has 0 atom stereocenters. The van der Waals surface area contributed by atoms with Crippen molar-refractivity contribution < 1.29 is 9.47 Å². The Bertz CT molecular complexity index is 291. The lowest BCUT2D eigenvalue weighted by atomic mass is 10.1. The normalized spacial score (nSPS) is 11.8. The standard InChI is InChI=1S/C14H22O2/c1-12(2)10-11-15-14(3,4)16-13-8-6-5-7-9-13/h5-9,12H,10-11H2,1-4H3. The van der Waals surface area contributed by atoms with Crippen molar-refractivity contribution in [1.82, 2.24) is 0 Å². The summed E-state index contributed by atoms with van der Waals surface area (Å²) >= 11 is 0. The van der Waals surface area contributed by atoms with Gasteiger partial charge in [-0.25, -0.2) is 0 Å². The molecule has 0 aliphatic rings. The van der Waals surface area contributed by atoms with E-state index in [0.717, 1.165) is 18.8 Å². The van der Waals surface area contributed by atoms with Gasteiger partial charge in [0.2, 0.25) is 5.79 Å². The molecule has 16 heavy (non-hydrogen) atoms. The first-order valence-corrected chi connectivity index (χ1v) is 5.87. The van der Waals surface area contributed by atoms with Gasteiger partial charge in [0.15, 0.2) is 0 Å². The average Bonchev–Trinajstić information content (AvgIpc) is 2.17. The smallest absolute Gasteiger partial charge is 0.204 e. The van der Waals surface area contributed by atoms with Crippen LogP contribution in [0.2, 0.25) is 0 Å². The maximum absolute atomic E-state index is 5.76. The molecule has 0 bridgehead atoms. The number of para-hydroxylation sites is 1. The van der Waals surface area contributed by atoms with E-state index in [4.69, 9.17) is 9.47 Å². The first-order chi connectivity index (χ1) is 7.49. The number of benzene rings is 1. The Hall–Kier alpha value is -1.02.